The predicted molar refractivity (Wildman–Crippen MR) is 88.3 cm³/mol. The minimum Gasteiger partial charge on any atom is -0.469 e. The first kappa shape index (κ1) is 21.5. The average molecular weight is 434 g/mol. The summed E-state index contributed by atoms with van der Waals surface area (Å²) in [7, 11) is 2.35. The summed E-state index contributed by atoms with van der Waals surface area (Å²) in [6.45, 7) is 0. The molecular weight excluding hydrogens is 409 g/mol. The molecule has 0 bridgehead atoms. The van der Waals surface area contributed by atoms with Crippen LogP contribution in [0.3, 0.4) is 0 Å². The van der Waals surface area contributed by atoms with E-state index in [-0.39, 0.29) is 9.89 Å². The number of ether oxygens (including phenoxy) is 2. The molecule has 130 valence electrons. The van der Waals surface area contributed by atoms with Gasteiger partial charge in [0.15, 0.2) is 0 Å². The van der Waals surface area contributed by atoms with Gasteiger partial charge in [0, 0.05) is 16.8 Å². The molecule has 0 saturated heterocycles. The Morgan fingerprint density at radius 3 is 2.09 bits per heavy atom. The van der Waals surface area contributed by atoms with Gasteiger partial charge in [-0.1, -0.05) is 54.7 Å². The van der Waals surface area contributed by atoms with E-state index in [1.807, 2.05) is 22.6 Å². The second-order valence-corrected chi connectivity index (χ2v) is 7.00. The second kappa shape index (κ2) is 12.0. The number of esters is 2. The zero-order valence-electron chi connectivity index (χ0n) is 13.2. The van der Waals surface area contributed by atoms with Gasteiger partial charge in [-0.3, -0.25) is 4.79 Å². The van der Waals surface area contributed by atoms with Gasteiger partial charge in [-0.15, -0.1) is 0 Å². The molecule has 0 aromatic heterocycles. The Hall–Kier alpha value is -0.470. The van der Waals surface area contributed by atoms with E-state index in [2.05, 4.69) is 9.47 Å². The number of methoxy groups -OCH3 is 2. The van der Waals surface area contributed by atoms with Crippen LogP contribution < -0.4 is 0 Å². The quantitative estimate of drug-likeness (QED) is 0.199. The van der Waals surface area contributed by atoms with Crippen LogP contribution in [0.2, 0.25) is 0 Å². The second-order valence-electron chi connectivity index (χ2n) is 5.23. The van der Waals surface area contributed by atoms with Crippen LogP contribution in [0.1, 0.15) is 57.8 Å². The number of carbonyl (C=O) groups excluding carboxylic acids is 2. The maximum absolute atomic E-state index is 13.4. The topological polar surface area (TPSA) is 52.6 Å². The van der Waals surface area contributed by atoms with Crippen molar-refractivity contribution in [1.29, 1.82) is 0 Å². The van der Waals surface area contributed by atoms with E-state index in [0.717, 1.165) is 45.6 Å². The largest absolute Gasteiger partial charge is 0.469 e. The summed E-state index contributed by atoms with van der Waals surface area (Å²) in [4.78, 5) is 21.8. The molecule has 0 radical (unpaired) electrons. The van der Waals surface area contributed by atoms with Crippen molar-refractivity contribution in [3.8, 4) is 0 Å². The summed E-state index contributed by atoms with van der Waals surface area (Å²) in [6.07, 6.45) is 6.34. The van der Waals surface area contributed by atoms with Crippen LogP contribution in [0.4, 0.5) is 8.78 Å². The number of rotatable bonds is 12. The van der Waals surface area contributed by atoms with E-state index in [4.69, 9.17) is 0 Å². The summed E-state index contributed by atoms with van der Waals surface area (Å²) < 4.78 is 35.1. The zero-order valence-corrected chi connectivity index (χ0v) is 15.4. The highest BCUT2D eigenvalue weighted by Gasteiger charge is 2.41. The van der Waals surface area contributed by atoms with Gasteiger partial charge in [0.1, 0.15) is 0 Å². The molecule has 0 amide bonds. The lowest BCUT2D eigenvalue weighted by molar-refractivity contribution is -0.169. The molecule has 0 heterocycles. The van der Waals surface area contributed by atoms with Crippen LogP contribution in [0.5, 0.6) is 0 Å². The molecule has 0 aromatic rings. The summed E-state index contributed by atoms with van der Waals surface area (Å²) in [5.74, 6) is -5.03. The molecular formula is C15H25F2IO4. The van der Waals surface area contributed by atoms with Gasteiger partial charge in [0.2, 0.25) is 0 Å². The number of carbonyl (C=O) groups is 2. The van der Waals surface area contributed by atoms with Crippen molar-refractivity contribution in [3.63, 3.8) is 0 Å². The fourth-order valence-corrected chi connectivity index (χ4v) is 3.05. The maximum Gasteiger partial charge on any atom is 0.376 e. The third kappa shape index (κ3) is 10.3. The lowest BCUT2D eigenvalue weighted by atomic mass is 10.0. The molecule has 0 rings (SSSR count). The Bertz CT molecular complexity index is 338. The molecule has 22 heavy (non-hydrogen) atoms. The van der Waals surface area contributed by atoms with Gasteiger partial charge >= 0.3 is 17.9 Å². The number of hydrogen-bond donors (Lipinski definition) is 0. The average Bonchev–Trinajstić information content (AvgIpc) is 2.47. The number of alkyl halides is 3. The van der Waals surface area contributed by atoms with Crippen molar-refractivity contribution in [3.05, 3.63) is 0 Å². The number of halogens is 3. The molecule has 0 aliphatic heterocycles. The predicted octanol–water partition coefficient (Wildman–Crippen LogP) is 4.28. The molecule has 0 spiro atoms. The van der Waals surface area contributed by atoms with E-state index in [0.29, 0.717) is 12.8 Å². The van der Waals surface area contributed by atoms with E-state index >= 15 is 0 Å². The highest BCUT2D eigenvalue weighted by atomic mass is 127. The van der Waals surface area contributed by atoms with Gasteiger partial charge in [0.25, 0.3) is 0 Å². The smallest absolute Gasteiger partial charge is 0.376 e. The molecule has 0 aromatic carbocycles. The Morgan fingerprint density at radius 2 is 1.55 bits per heavy atom. The van der Waals surface area contributed by atoms with Gasteiger partial charge in [-0.2, -0.15) is 8.78 Å². The van der Waals surface area contributed by atoms with E-state index in [1.165, 1.54) is 7.11 Å². The Kier molecular flexibility index (Phi) is 11.8. The summed E-state index contributed by atoms with van der Waals surface area (Å²) in [5.41, 5.74) is 0. The number of unbranched alkanes of at least 4 members (excludes halogenated alkanes) is 5. The van der Waals surface area contributed by atoms with Crippen molar-refractivity contribution in [2.75, 3.05) is 14.2 Å². The van der Waals surface area contributed by atoms with E-state index < -0.39 is 18.3 Å². The SMILES string of the molecule is COC(=O)CCCCCCCCC(I)CC(F)(F)C(=O)OC. The van der Waals surface area contributed by atoms with Gasteiger partial charge in [-0.25, -0.2) is 4.79 Å². The van der Waals surface area contributed by atoms with Crippen LogP contribution in [0, 0.1) is 0 Å². The zero-order chi connectivity index (χ0) is 17.0. The fraction of sp³-hybridized carbons (Fsp3) is 0.867. The first-order valence-corrected chi connectivity index (χ1v) is 8.75. The first-order valence-electron chi connectivity index (χ1n) is 7.50. The van der Waals surface area contributed by atoms with Crippen LogP contribution in [-0.4, -0.2) is 36.0 Å². The summed E-state index contributed by atoms with van der Waals surface area (Å²) >= 11 is 1.96. The monoisotopic (exact) mass is 434 g/mol. The maximum atomic E-state index is 13.4. The first-order chi connectivity index (χ1) is 10.3. The standard InChI is InChI=1S/C15H25F2IO4/c1-21-13(19)10-8-6-4-3-5-7-9-12(18)11-15(16,17)14(20)22-2/h12H,3-11H2,1-2H3. The molecule has 0 saturated carbocycles. The Labute approximate surface area is 144 Å². The summed E-state index contributed by atoms with van der Waals surface area (Å²) in [5, 5.41) is 0. The number of hydrogen-bond acceptors (Lipinski definition) is 4. The van der Waals surface area contributed by atoms with Crippen molar-refractivity contribution in [1.82, 2.24) is 0 Å². The van der Waals surface area contributed by atoms with Crippen molar-refractivity contribution in [2.24, 2.45) is 0 Å². The van der Waals surface area contributed by atoms with Crippen molar-refractivity contribution >= 4 is 34.5 Å². The molecule has 1 unspecified atom stereocenters. The Morgan fingerprint density at radius 1 is 1.00 bits per heavy atom. The molecule has 7 heteroatoms. The molecule has 0 aliphatic rings. The van der Waals surface area contributed by atoms with E-state index in [1.54, 1.807) is 0 Å². The molecule has 0 aliphatic carbocycles. The van der Waals surface area contributed by atoms with Crippen LogP contribution in [0.15, 0.2) is 0 Å². The van der Waals surface area contributed by atoms with Crippen LogP contribution >= 0.6 is 22.6 Å². The lowest BCUT2D eigenvalue weighted by Gasteiger charge is -2.17. The van der Waals surface area contributed by atoms with Crippen LogP contribution in [-0.2, 0) is 19.1 Å². The van der Waals surface area contributed by atoms with Crippen molar-refractivity contribution < 1.29 is 27.8 Å². The lowest BCUT2D eigenvalue weighted by Crippen LogP contribution is -2.32. The Balaban J connectivity index is 3.59. The highest BCUT2D eigenvalue weighted by Crippen LogP contribution is 2.28. The van der Waals surface area contributed by atoms with Gasteiger partial charge in [0.05, 0.1) is 14.2 Å². The highest BCUT2D eigenvalue weighted by molar-refractivity contribution is 14.1. The molecule has 0 N–H and O–H groups in total. The van der Waals surface area contributed by atoms with E-state index in [9.17, 15) is 18.4 Å². The van der Waals surface area contributed by atoms with Gasteiger partial charge in [-0.05, 0) is 12.8 Å². The molecule has 4 nitrogen and oxygen atoms in total. The third-order valence-corrected chi connectivity index (χ3v) is 4.40. The normalized spacial score (nSPS) is 12.8. The molecule has 0 fully saturated rings. The minimum absolute atomic E-state index is 0.181. The summed E-state index contributed by atoms with van der Waals surface area (Å²) in [6, 6.07) is 0. The molecule has 1 atom stereocenters. The third-order valence-electron chi connectivity index (χ3n) is 3.34. The minimum atomic E-state index is -3.39. The van der Waals surface area contributed by atoms with Crippen molar-refractivity contribution in [2.45, 2.75) is 67.6 Å². The van der Waals surface area contributed by atoms with Gasteiger partial charge < -0.3 is 9.47 Å². The van der Waals surface area contributed by atoms with Crippen LogP contribution in [0.25, 0.3) is 0 Å². The fourth-order valence-electron chi connectivity index (χ4n) is 2.06.